The Kier molecular flexibility index (Phi) is 5.14. The zero-order valence-corrected chi connectivity index (χ0v) is 8.19. The minimum absolute atomic E-state index is 0.112. The van der Waals surface area contributed by atoms with Gasteiger partial charge in [0.15, 0.2) is 0 Å². The van der Waals surface area contributed by atoms with Gasteiger partial charge in [0.25, 0.3) is 0 Å². The fraction of sp³-hybridized carbons (Fsp3) is 0.625. The van der Waals surface area contributed by atoms with Crippen molar-refractivity contribution in [3.63, 3.8) is 0 Å². The molecule has 0 amide bonds. The average Bonchev–Trinajstić information content (AvgIpc) is 1.86. The van der Waals surface area contributed by atoms with Crippen LogP contribution in [0.15, 0.2) is 11.6 Å². The first-order valence-electron chi connectivity index (χ1n) is 3.59. The van der Waals surface area contributed by atoms with Crippen LogP contribution in [0.5, 0.6) is 0 Å². The van der Waals surface area contributed by atoms with Gasteiger partial charge in [-0.3, -0.25) is 0 Å². The summed E-state index contributed by atoms with van der Waals surface area (Å²) >= 11 is 0. The maximum atomic E-state index is 10.3. The monoisotopic (exact) mass is 174 g/mol. The Hall–Kier alpha value is -0.360. The second-order valence-corrected chi connectivity index (χ2v) is 5.39. The summed E-state index contributed by atoms with van der Waals surface area (Å²) in [6.45, 7) is 6.02. The van der Waals surface area contributed by atoms with Crippen LogP contribution < -0.4 is 0 Å². The van der Waals surface area contributed by atoms with E-state index in [0.29, 0.717) is 5.57 Å². The molecule has 0 aromatic heterocycles. The van der Waals surface area contributed by atoms with Gasteiger partial charge in [-0.25, -0.2) is 4.79 Å². The number of rotatable bonds is 4. The van der Waals surface area contributed by atoms with Crippen LogP contribution in [0.2, 0.25) is 0 Å². The maximum Gasteiger partial charge on any atom is 0.330 e. The first-order valence-corrected chi connectivity index (χ1v) is 6.01. The third-order valence-corrected chi connectivity index (χ3v) is 2.52. The summed E-state index contributed by atoms with van der Waals surface area (Å²) in [4.78, 5) is 10.3. The summed E-state index contributed by atoms with van der Waals surface area (Å²) in [5.74, 6) is -0.804. The van der Waals surface area contributed by atoms with Crippen LogP contribution in [0, 0.1) is 0 Å². The van der Waals surface area contributed by atoms with E-state index in [1.54, 1.807) is 13.0 Å². The Morgan fingerprint density at radius 3 is 2.45 bits per heavy atom. The molecule has 0 aliphatic carbocycles. The van der Waals surface area contributed by atoms with Gasteiger partial charge in [0.1, 0.15) is 0 Å². The Labute approximate surface area is 69.1 Å². The fourth-order valence-electron chi connectivity index (χ4n) is 0.627. The first-order chi connectivity index (χ1) is 5.04. The van der Waals surface area contributed by atoms with Gasteiger partial charge in [0.2, 0.25) is 0 Å². The van der Waals surface area contributed by atoms with E-state index in [2.05, 4.69) is 13.3 Å². The van der Waals surface area contributed by atoms with Crippen LogP contribution in [0.3, 0.4) is 0 Å². The molecule has 2 nitrogen and oxygen atoms in total. The molecule has 0 saturated carbocycles. The topological polar surface area (TPSA) is 37.3 Å². The average molecular weight is 174 g/mol. The van der Waals surface area contributed by atoms with Crippen LogP contribution in [-0.4, -0.2) is 30.6 Å². The normalized spacial score (nSPS) is 12.2. The molecule has 0 unspecified atom stereocenters. The smallest absolute Gasteiger partial charge is 0.330 e. The number of carboxylic acid groups (broad SMARTS) is 1. The van der Waals surface area contributed by atoms with Crippen molar-refractivity contribution in [2.45, 2.75) is 13.3 Å². The molecule has 0 bridgehead atoms. The molecule has 0 heterocycles. The van der Waals surface area contributed by atoms with Gasteiger partial charge in [-0.05, 0) is 32.8 Å². The van der Waals surface area contributed by atoms with Crippen molar-refractivity contribution in [2.75, 3.05) is 19.5 Å². The van der Waals surface area contributed by atoms with E-state index in [-0.39, 0.29) is 7.92 Å². The number of hydrogen-bond acceptors (Lipinski definition) is 1. The van der Waals surface area contributed by atoms with Gasteiger partial charge in [-0.1, -0.05) is 6.08 Å². The lowest BCUT2D eigenvalue weighted by atomic mass is 10.2. The molecular formula is C8H15O2P. The molecule has 0 aliphatic heterocycles. The molecule has 64 valence electrons. The molecule has 1 N–H and O–H groups in total. The zero-order valence-electron chi connectivity index (χ0n) is 7.29. The van der Waals surface area contributed by atoms with E-state index in [1.165, 1.54) is 0 Å². The van der Waals surface area contributed by atoms with Gasteiger partial charge >= 0.3 is 5.97 Å². The minimum Gasteiger partial charge on any atom is -0.478 e. The standard InChI is InChI=1S/C8H15O2P/c1-7(8(9)10)5-4-6-11(2)3/h5H,4,6H2,1-3H3,(H,9,10). The Balaban J connectivity index is 3.65. The van der Waals surface area contributed by atoms with Gasteiger partial charge < -0.3 is 5.11 Å². The van der Waals surface area contributed by atoms with Crippen LogP contribution in [0.4, 0.5) is 0 Å². The van der Waals surface area contributed by atoms with E-state index in [1.807, 2.05) is 0 Å². The summed E-state index contributed by atoms with van der Waals surface area (Å²) in [5, 5.41) is 8.48. The predicted octanol–water partition coefficient (Wildman–Crippen LogP) is 2.15. The van der Waals surface area contributed by atoms with Crippen molar-refractivity contribution < 1.29 is 9.90 Å². The molecule has 0 aliphatic rings. The van der Waals surface area contributed by atoms with Gasteiger partial charge in [0, 0.05) is 5.57 Å². The Morgan fingerprint density at radius 1 is 1.55 bits per heavy atom. The molecule has 0 radical (unpaired) electrons. The van der Waals surface area contributed by atoms with E-state index in [4.69, 9.17) is 5.11 Å². The second kappa shape index (κ2) is 5.31. The van der Waals surface area contributed by atoms with Crippen molar-refractivity contribution in [1.29, 1.82) is 0 Å². The molecule has 0 saturated heterocycles. The summed E-state index contributed by atoms with van der Waals surface area (Å²) in [6.07, 6.45) is 3.82. The predicted molar refractivity (Wildman–Crippen MR) is 49.6 cm³/mol. The molecule has 0 aromatic carbocycles. The SMILES string of the molecule is CC(=CCCP(C)C)C(=O)O. The molecule has 0 fully saturated rings. The van der Waals surface area contributed by atoms with Crippen molar-refractivity contribution >= 4 is 13.9 Å². The third kappa shape index (κ3) is 6.05. The van der Waals surface area contributed by atoms with Crippen molar-refractivity contribution in [3.8, 4) is 0 Å². The largest absolute Gasteiger partial charge is 0.478 e. The Bertz CT molecular complexity index is 161. The number of allylic oxidation sites excluding steroid dienone is 1. The van der Waals surface area contributed by atoms with E-state index >= 15 is 0 Å². The third-order valence-electron chi connectivity index (χ3n) is 1.36. The first kappa shape index (κ1) is 10.6. The molecule has 0 aromatic rings. The number of carboxylic acids is 1. The van der Waals surface area contributed by atoms with Crippen LogP contribution in [0.1, 0.15) is 13.3 Å². The van der Waals surface area contributed by atoms with E-state index in [9.17, 15) is 4.79 Å². The van der Waals surface area contributed by atoms with Crippen molar-refractivity contribution in [2.24, 2.45) is 0 Å². The van der Waals surface area contributed by atoms with Crippen LogP contribution in [0.25, 0.3) is 0 Å². The summed E-state index contributed by atoms with van der Waals surface area (Å²) in [6, 6.07) is 0. The van der Waals surface area contributed by atoms with Gasteiger partial charge in [-0.2, -0.15) is 0 Å². The number of aliphatic carboxylic acids is 1. The number of carbonyl (C=O) groups is 1. The zero-order chi connectivity index (χ0) is 8.85. The van der Waals surface area contributed by atoms with Gasteiger partial charge in [0.05, 0.1) is 0 Å². The lowest BCUT2D eigenvalue weighted by molar-refractivity contribution is -0.132. The van der Waals surface area contributed by atoms with Crippen molar-refractivity contribution in [3.05, 3.63) is 11.6 Å². The molecular weight excluding hydrogens is 159 g/mol. The Morgan fingerprint density at radius 2 is 2.09 bits per heavy atom. The van der Waals surface area contributed by atoms with Crippen molar-refractivity contribution in [1.82, 2.24) is 0 Å². The van der Waals surface area contributed by atoms with E-state index in [0.717, 1.165) is 12.6 Å². The van der Waals surface area contributed by atoms with Gasteiger partial charge in [-0.15, -0.1) is 7.92 Å². The summed E-state index contributed by atoms with van der Waals surface area (Å²) in [7, 11) is 0.112. The van der Waals surface area contributed by atoms with Crippen LogP contribution in [-0.2, 0) is 4.79 Å². The van der Waals surface area contributed by atoms with E-state index < -0.39 is 5.97 Å². The highest BCUT2D eigenvalue weighted by Crippen LogP contribution is 2.25. The highest BCUT2D eigenvalue weighted by molar-refractivity contribution is 7.55. The highest BCUT2D eigenvalue weighted by atomic mass is 31.1. The molecule has 11 heavy (non-hydrogen) atoms. The highest BCUT2D eigenvalue weighted by Gasteiger charge is 1.98. The second-order valence-electron chi connectivity index (χ2n) is 2.78. The quantitative estimate of drug-likeness (QED) is 0.523. The van der Waals surface area contributed by atoms with Crippen LogP contribution >= 0.6 is 7.92 Å². The lowest BCUT2D eigenvalue weighted by Gasteiger charge is -2.00. The summed E-state index contributed by atoms with van der Waals surface area (Å²) in [5.41, 5.74) is 0.460. The number of hydrogen-bond donors (Lipinski definition) is 1. The fourth-order valence-corrected chi connectivity index (χ4v) is 1.27. The molecule has 3 heteroatoms. The molecule has 0 spiro atoms. The molecule has 0 rings (SSSR count). The minimum atomic E-state index is -0.804. The maximum absolute atomic E-state index is 10.3. The molecule has 0 atom stereocenters. The lowest BCUT2D eigenvalue weighted by Crippen LogP contribution is -1.95. The summed E-state index contributed by atoms with van der Waals surface area (Å²) < 4.78 is 0.